The van der Waals surface area contributed by atoms with Crippen molar-refractivity contribution in [2.24, 2.45) is 10.5 Å². The predicted molar refractivity (Wildman–Crippen MR) is 146 cm³/mol. The fourth-order valence-corrected chi connectivity index (χ4v) is 4.29. The van der Waals surface area contributed by atoms with Crippen molar-refractivity contribution in [1.82, 2.24) is 5.43 Å². The Hall–Kier alpha value is -4.07. The highest BCUT2D eigenvalue weighted by Crippen LogP contribution is 2.36. The average Bonchev–Trinajstić information content (AvgIpc) is 3.39. The maximum absolute atomic E-state index is 12.2. The topological polar surface area (TPSA) is 99.4 Å². The number of hydrogen-bond donors (Lipinski definition) is 1. The molecule has 1 heterocycles. The van der Waals surface area contributed by atoms with Gasteiger partial charge < -0.3 is 18.6 Å². The molecule has 0 saturated heterocycles. The smallest absolute Gasteiger partial charge is 0.379 e. The summed E-state index contributed by atoms with van der Waals surface area (Å²) in [4.78, 5) is 24.4. The van der Waals surface area contributed by atoms with Crippen LogP contribution >= 0.6 is 0 Å². The molecule has 0 unspecified atom stereocenters. The number of hydrogen-bond acceptors (Lipinski definition) is 7. The molecule has 0 spiro atoms. The molecule has 1 aromatic heterocycles. The molecule has 1 amide bonds. The predicted octanol–water partition coefficient (Wildman–Crippen LogP) is 6.14. The maximum Gasteiger partial charge on any atom is 0.379 e. The second-order valence-electron chi connectivity index (χ2n) is 10.7. The first kappa shape index (κ1) is 28.5. The molecule has 0 saturated carbocycles. The molecule has 8 heteroatoms. The molecule has 3 rings (SSSR count). The van der Waals surface area contributed by atoms with Gasteiger partial charge in [-0.25, -0.2) is 10.2 Å². The van der Waals surface area contributed by atoms with Crippen LogP contribution in [0, 0.1) is 5.41 Å². The zero-order valence-corrected chi connectivity index (χ0v) is 22.9. The van der Waals surface area contributed by atoms with E-state index in [1.165, 1.54) is 24.1 Å². The van der Waals surface area contributed by atoms with Crippen molar-refractivity contribution in [1.29, 1.82) is 0 Å². The van der Waals surface area contributed by atoms with Crippen LogP contribution in [0.2, 0.25) is 0 Å². The normalized spacial score (nSPS) is 11.8. The van der Waals surface area contributed by atoms with E-state index in [1.807, 2.05) is 31.2 Å². The fourth-order valence-electron chi connectivity index (χ4n) is 4.29. The second-order valence-corrected chi connectivity index (χ2v) is 10.7. The van der Waals surface area contributed by atoms with Crippen molar-refractivity contribution in [3.63, 3.8) is 0 Å². The third-order valence-corrected chi connectivity index (χ3v) is 5.57. The van der Waals surface area contributed by atoms with Crippen molar-refractivity contribution < 1.29 is 28.2 Å². The number of nitrogens with one attached hydrogen (secondary N) is 1. The van der Waals surface area contributed by atoms with Crippen molar-refractivity contribution in [2.75, 3.05) is 13.2 Å². The van der Waals surface area contributed by atoms with Crippen molar-refractivity contribution in [3.05, 3.63) is 77.7 Å². The maximum atomic E-state index is 12.2. The van der Waals surface area contributed by atoms with Gasteiger partial charge in [0.2, 0.25) is 5.76 Å². The van der Waals surface area contributed by atoms with Crippen LogP contribution in [0.15, 0.2) is 70.4 Å². The van der Waals surface area contributed by atoms with Gasteiger partial charge in [-0.1, -0.05) is 46.8 Å². The summed E-state index contributed by atoms with van der Waals surface area (Å²) in [7, 11) is 0. The van der Waals surface area contributed by atoms with Gasteiger partial charge in [0.25, 0.3) is 5.91 Å². The zero-order chi connectivity index (χ0) is 27.8. The van der Waals surface area contributed by atoms with E-state index in [1.54, 1.807) is 24.3 Å². The van der Waals surface area contributed by atoms with E-state index < -0.39 is 11.9 Å². The van der Waals surface area contributed by atoms with Gasteiger partial charge in [0.1, 0.15) is 5.75 Å². The molecular weight excluding hydrogens is 484 g/mol. The van der Waals surface area contributed by atoms with Crippen LogP contribution in [0.4, 0.5) is 0 Å². The van der Waals surface area contributed by atoms with E-state index in [-0.39, 0.29) is 28.9 Å². The lowest BCUT2D eigenvalue weighted by molar-refractivity contribution is -0.123. The largest absolute Gasteiger partial charge is 0.490 e. The number of carbonyl (C=O) groups excluding carboxylic acids is 2. The van der Waals surface area contributed by atoms with Gasteiger partial charge in [-0.15, -0.1) is 0 Å². The van der Waals surface area contributed by atoms with Gasteiger partial charge in [-0.3, -0.25) is 4.79 Å². The monoisotopic (exact) mass is 520 g/mol. The van der Waals surface area contributed by atoms with Crippen LogP contribution in [-0.2, 0) is 10.2 Å². The van der Waals surface area contributed by atoms with Gasteiger partial charge in [0.05, 0.1) is 19.1 Å². The molecule has 0 aliphatic heterocycles. The Balaban J connectivity index is 1.53. The molecule has 38 heavy (non-hydrogen) atoms. The average molecular weight is 521 g/mol. The summed E-state index contributed by atoms with van der Waals surface area (Å²) in [5.41, 5.74) is 4.56. The van der Waals surface area contributed by atoms with E-state index in [4.69, 9.17) is 18.6 Å². The second kappa shape index (κ2) is 12.4. The van der Waals surface area contributed by atoms with Crippen LogP contribution in [0.5, 0.6) is 17.2 Å². The van der Waals surface area contributed by atoms with Crippen LogP contribution in [-0.4, -0.2) is 31.3 Å². The number of esters is 1. The molecule has 0 radical (unpaired) electrons. The van der Waals surface area contributed by atoms with Gasteiger partial charge >= 0.3 is 5.97 Å². The van der Waals surface area contributed by atoms with Gasteiger partial charge in [-0.05, 0) is 77.8 Å². The number of benzene rings is 2. The summed E-state index contributed by atoms with van der Waals surface area (Å²) in [6, 6.07) is 15.9. The minimum atomic E-state index is -0.632. The first-order valence-corrected chi connectivity index (χ1v) is 12.5. The lowest BCUT2D eigenvalue weighted by Crippen LogP contribution is -2.25. The number of furan rings is 1. The first-order chi connectivity index (χ1) is 18.0. The van der Waals surface area contributed by atoms with Gasteiger partial charge in [-0.2, -0.15) is 5.10 Å². The van der Waals surface area contributed by atoms with E-state index >= 15 is 0 Å². The van der Waals surface area contributed by atoms with Crippen LogP contribution in [0.1, 0.15) is 69.6 Å². The van der Waals surface area contributed by atoms with Crippen LogP contribution in [0.3, 0.4) is 0 Å². The lowest BCUT2D eigenvalue weighted by atomic mass is 9.72. The Bertz CT molecular complexity index is 1240. The molecule has 0 atom stereocenters. The highest BCUT2D eigenvalue weighted by molar-refractivity contribution is 5.89. The third-order valence-electron chi connectivity index (χ3n) is 5.57. The van der Waals surface area contributed by atoms with Crippen LogP contribution < -0.4 is 19.6 Å². The fraction of sp³-hybridized carbons (Fsp3) is 0.367. The van der Waals surface area contributed by atoms with E-state index in [0.29, 0.717) is 23.7 Å². The summed E-state index contributed by atoms with van der Waals surface area (Å²) >= 11 is 0. The molecule has 3 aromatic rings. The van der Waals surface area contributed by atoms with E-state index in [9.17, 15) is 9.59 Å². The SMILES string of the molecule is CCOc1cc(/C=N/NC(=O)COc2ccc(C(C)(C)CC(C)(C)C)cc2)ccc1OC(=O)c1ccco1. The summed E-state index contributed by atoms with van der Waals surface area (Å²) in [6.45, 7) is 13.2. The first-order valence-electron chi connectivity index (χ1n) is 12.5. The lowest BCUT2D eigenvalue weighted by Gasteiger charge is -2.33. The number of nitrogens with zero attached hydrogens (tertiary/aromatic N) is 1. The number of rotatable bonds is 11. The van der Waals surface area contributed by atoms with Crippen LogP contribution in [0.25, 0.3) is 0 Å². The van der Waals surface area contributed by atoms with Gasteiger partial charge in [0.15, 0.2) is 18.1 Å². The van der Waals surface area contributed by atoms with E-state index in [0.717, 1.165) is 6.42 Å². The molecule has 0 bridgehead atoms. The Morgan fingerprint density at radius 2 is 1.71 bits per heavy atom. The van der Waals surface area contributed by atoms with E-state index in [2.05, 4.69) is 45.1 Å². The Morgan fingerprint density at radius 1 is 0.974 bits per heavy atom. The molecule has 2 aromatic carbocycles. The molecule has 1 N–H and O–H groups in total. The number of ether oxygens (including phenoxy) is 3. The molecule has 202 valence electrons. The summed E-state index contributed by atoms with van der Waals surface area (Å²) in [6.07, 6.45) is 3.90. The number of hydrazone groups is 1. The number of amides is 1. The standard InChI is InChI=1S/C30H36N2O6/c1-7-35-26-17-21(10-15-24(26)38-28(34)25-9-8-16-36-25)18-31-32-27(33)19-37-23-13-11-22(12-14-23)30(5,6)20-29(2,3)4/h8-18H,7,19-20H2,1-6H3,(H,32,33)/b31-18+. The summed E-state index contributed by atoms with van der Waals surface area (Å²) in [5, 5.41) is 3.98. The quantitative estimate of drug-likeness (QED) is 0.141. The molecule has 0 fully saturated rings. The number of carbonyl (C=O) groups is 2. The minimum Gasteiger partial charge on any atom is -0.490 e. The van der Waals surface area contributed by atoms with Crippen molar-refractivity contribution >= 4 is 18.1 Å². The van der Waals surface area contributed by atoms with Gasteiger partial charge in [0, 0.05) is 0 Å². The van der Waals surface area contributed by atoms with Crippen molar-refractivity contribution in [3.8, 4) is 17.2 Å². The summed E-state index contributed by atoms with van der Waals surface area (Å²) < 4.78 is 21.6. The Kier molecular flexibility index (Phi) is 9.34. The highest BCUT2D eigenvalue weighted by atomic mass is 16.6. The highest BCUT2D eigenvalue weighted by Gasteiger charge is 2.27. The molecule has 0 aliphatic rings. The molecule has 8 nitrogen and oxygen atoms in total. The Morgan fingerprint density at radius 3 is 2.34 bits per heavy atom. The molecular formula is C30H36N2O6. The zero-order valence-electron chi connectivity index (χ0n) is 22.9. The Labute approximate surface area is 224 Å². The summed E-state index contributed by atoms with van der Waals surface area (Å²) in [5.74, 6) is 0.278. The van der Waals surface area contributed by atoms with Crippen molar-refractivity contribution in [2.45, 2.75) is 53.4 Å². The minimum absolute atomic E-state index is 0.0319. The third kappa shape index (κ3) is 8.50. The molecule has 0 aliphatic carbocycles.